The van der Waals surface area contributed by atoms with E-state index in [2.05, 4.69) is 35.8 Å². The Bertz CT molecular complexity index is 608. The van der Waals surface area contributed by atoms with Gasteiger partial charge in [-0.3, -0.25) is 0 Å². The van der Waals surface area contributed by atoms with E-state index in [1.165, 1.54) is 0 Å². The molecule has 1 atom stereocenters. The van der Waals surface area contributed by atoms with Gasteiger partial charge in [-0.05, 0) is 42.2 Å². The van der Waals surface area contributed by atoms with Crippen LogP contribution in [0.15, 0.2) is 46.9 Å². The van der Waals surface area contributed by atoms with E-state index in [1.54, 1.807) is 0 Å². The van der Waals surface area contributed by atoms with Crippen LogP contribution in [0, 0.1) is 0 Å². The lowest BCUT2D eigenvalue weighted by atomic mass is 10.0. The highest BCUT2D eigenvalue weighted by atomic mass is 79.9. The summed E-state index contributed by atoms with van der Waals surface area (Å²) in [5.74, 6) is 1.92. The Morgan fingerprint density at radius 2 is 1.71 bits per heavy atom. The number of hydrogen-bond donors (Lipinski definition) is 1. The topological polar surface area (TPSA) is 29.5 Å². The van der Waals surface area contributed by atoms with Crippen LogP contribution in [0.5, 0.6) is 11.5 Å². The third-order valence-corrected chi connectivity index (χ3v) is 3.97. The smallest absolute Gasteiger partial charge is 0.133 e. The van der Waals surface area contributed by atoms with Crippen LogP contribution in [0.1, 0.15) is 50.3 Å². The SMILES string of the molecule is CC[C@H](O)c1ccccc1Oc1ccc(Br)cc1C(C)C. The quantitative estimate of drug-likeness (QED) is 0.738. The van der Waals surface area contributed by atoms with Crippen LogP contribution < -0.4 is 4.74 Å². The van der Waals surface area contributed by atoms with Crippen LogP contribution >= 0.6 is 15.9 Å². The second-order valence-corrected chi connectivity index (χ2v) is 6.32. The van der Waals surface area contributed by atoms with Crippen LogP contribution in [0.25, 0.3) is 0 Å². The van der Waals surface area contributed by atoms with E-state index < -0.39 is 6.10 Å². The predicted molar refractivity (Wildman–Crippen MR) is 90.0 cm³/mol. The maximum Gasteiger partial charge on any atom is 0.133 e. The molecule has 0 radical (unpaired) electrons. The number of aliphatic hydroxyl groups is 1. The molecule has 0 aliphatic heterocycles. The summed E-state index contributed by atoms with van der Waals surface area (Å²) in [5, 5.41) is 10.1. The van der Waals surface area contributed by atoms with Crippen molar-refractivity contribution in [2.24, 2.45) is 0 Å². The molecule has 0 bridgehead atoms. The molecule has 3 heteroatoms. The second-order valence-electron chi connectivity index (χ2n) is 5.40. The number of aliphatic hydroxyl groups excluding tert-OH is 1. The number of benzene rings is 2. The number of hydrogen-bond acceptors (Lipinski definition) is 2. The molecule has 2 aromatic carbocycles. The molecule has 0 aromatic heterocycles. The van der Waals surface area contributed by atoms with Crippen LogP contribution in [0.2, 0.25) is 0 Å². The van der Waals surface area contributed by atoms with Crippen LogP contribution in [-0.4, -0.2) is 5.11 Å². The van der Waals surface area contributed by atoms with Crippen molar-refractivity contribution in [3.05, 3.63) is 58.1 Å². The summed E-state index contributed by atoms with van der Waals surface area (Å²) >= 11 is 3.50. The number of para-hydroxylation sites is 1. The minimum atomic E-state index is -0.501. The average molecular weight is 349 g/mol. The first-order chi connectivity index (χ1) is 10.0. The molecular weight excluding hydrogens is 328 g/mol. The first-order valence-electron chi connectivity index (χ1n) is 7.27. The third kappa shape index (κ3) is 3.86. The minimum absolute atomic E-state index is 0.362. The van der Waals surface area contributed by atoms with E-state index in [0.29, 0.717) is 12.3 Å². The van der Waals surface area contributed by atoms with Crippen molar-refractivity contribution in [2.75, 3.05) is 0 Å². The lowest BCUT2D eigenvalue weighted by Gasteiger charge is -2.18. The molecular formula is C18H21BrO2. The fourth-order valence-electron chi connectivity index (χ4n) is 2.25. The van der Waals surface area contributed by atoms with Crippen molar-refractivity contribution in [2.45, 2.75) is 39.2 Å². The summed E-state index contributed by atoms with van der Waals surface area (Å²) in [4.78, 5) is 0. The Kier molecular flexibility index (Phi) is 5.43. The molecule has 1 N–H and O–H groups in total. The fraction of sp³-hybridized carbons (Fsp3) is 0.333. The molecule has 0 heterocycles. The normalized spacial score (nSPS) is 12.5. The van der Waals surface area contributed by atoms with E-state index in [-0.39, 0.29) is 0 Å². The first kappa shape index (κ1) is 16.1. The first-order valence-corrected chi connectivity index (χ1v) is 8.06. The van der Waals surface area contributed by atoms with Crippen molar-refractivity contribution < 1.29 is 9.84 Å². The van der Waals surface area contributed by atoms with Gasteiger partial charge >= 0.3 is 0 Å². The lowest BCUT2D eigenvalue weighted by Crippen LogP contribution is -2.00. The molecule has 0 spiro atoms. The van der Waals surface area contributed by atoms with Crippen molar-refractivity contribution >= 4 is 15.9 Å². The highest BCUT2D eigenvalue weighted by Crippen LogP contribution is 2.36. The Morgan fingerprint density at radius 1 is 1.05 bits per heavy atom. The third-order valence-electron chi connectivity index (χ3n) is 3.48. The summed E-state index contributed by atoms with van der Waals surface area (Å²) in [5.41, 5.74) is 1.97. The average Bonchev–Trinajstić information content (AvgIpc) is 2.48. The molecule has 0 unspecified atom stereocenters. The molecule has 0 aliphatic rings. The van der Waals surface area contributed by atoms with Crippen LogP contribution in [0.4, 0.5) is 0 Å². The maximum absolute atomic E-state index is 10.1. The van der Waals surface area contributed by atoms with Crippen molar-refractivity contribution in [3.63, 3.8) is 0 Å². The largest absolute Gasteiger partial charge is 0.457 e. The van der Waals surface area contributed by atoms with Gasteiger partial charge in [0.05, 0.1) is 6.10 Å². The number of ether oxygens (including phenoxy) is 1. The van der Waals surface area contributed by atoms with Gasteiger partial charge in [-0.1, -0.05) is 54.9 Å². The van der Waals surface area contributed by atoms with Crippen molar-refractivity contribution in [1.29, 1.82) is 0 Å². The van der Waals surface area contributed by atoms with E-state index in [0.717, 1.165) is 27.1 Å². The van der Waals surface area contributed by atoms with Gasteiger partial charge in [-0.15, -0.1) is 0 Å². The Morgan fingerprint density at radius 3 is 2.38 bits per heavy atom. The summed E-state index contributed by atoms with van der Waals surface area (Å²) in [6, 6.07) is 13.7. The van der Waals surface area contributed by atoms with Crippen molar-refractivity contribution in [1.82, 2.24) is 0 Å². The van der Waals surface area contributed by atoms with E-state index >= 15 is 0 Å². The van der Waals surface area contributed by atoms with E-state index in [1.807, 2.05) is 43.3 Å². The maximum atomic E-state index is 10.1. The van der Waals surface area contributed by atoms with Gasteiger partial charge in [0.2, 0.25) is 0 Å². The molecule has 0 aliphatic carbocycles. The molecule has 2 aromatic rings. The Hall–Kier alpha value is -1.32. The lowest BCUT2D eigenvalue weighted by molar-refractivity contribution is 0.170. The fourth-order valence-corrected chi connectivity index (χ4v) is 2.63. The highest BCUT2D eigenvalue weighted by Gasteiger charge is 2.14. The standard InChI is InChI=1S/C18H21BrO2/c1-4-16(20)14-7-5-6-8-17(14)21-18-10-9-13(19)11-15(18)12(2)3/h5-12,16,20H,4H2,1-3H3/t16-/m0/s1. The zero-order chi connectivity index (χ0) is 15.4. The van der Waals surface area contributed by atoms with E-state index in [9.17, 15) is 5.11 Å². The van der Waals surface area contributed by atoms with Gasteiger partial charge < -0.3 is 9.84 Å². The zero-order valence-electron chi connectivity index (χ0n) is 12.6. The monoisotopic (exact) mass is 348 g/mol. The van der Waals surface area contributed by atoms with Crippen molar-refractivity contribution in [3.8, 4) is 11.5 Å². The molecule has 0 saturated heterocycles. The van der Waals surface area contributed by atoms with Gasteiger partial charge in [0.1, 0.15) is 11.5 Å². The molecule has 112 valence electrons. The molecule has 0 saturated carbocycles. The Balaban J connectivity index is 2.39. The molecule has 2 nitrogen and oxygen atoms in total. The van der Waals surface area contributed by atoms with E-state index in [4.69, 9.17) is 4.74 Å². The van der Waals surface area contributed by atoms with Crippen LogP contribution in [-0.2, 0) is 0 Å². The van der Waals surface area contributed by atoms with Gasteiger partial charge in [0, 0.05) is 10.0 Å². The second kappa shape index (κ2) is 7.10. The van der Waals surface area contributed by atoms with Gasteiger partial charge in [-0.2, -0.15) is 0 Å². The zero-order valence-corrected chi connectivity index (χ0v) is 14.2. The number of halogens is 1. The van der Waals surface area contributed by atoms with Gasteiger partial charge in [0.25, 0.3) is 0 Å². The number of rotatable bonds is 5. The summed E-state index contributed by atoms with van der Waals surface area (Å²) in [7, 11) is 0. The molecule has 0 fully saturated rings. The highest BCUT2D eigenvalue weighted by molar-refractivity contribution is 9.10. The van der Waals surface area contributed by atoms with Gasteiger partial charge in [0.15, 0.2) is 0 Å². The summed E-state index contributed by atoms with van der Waals surface area (Å²) < 4.78 is 7.14. The molecule has 21 heavy (non-hydrogen) atoms. The van der Waals surface area contributed by atoms with Gasteiger partial charge in [-0.25, -0.2) is 0 Å². The Labute approximate surface area is 134 Å². The summed E-state index contributed by atoms with van der Waals surface area (Å²) in [6.45, 7) is 6.24. The molecule has 2 rings (SSSR count). The van der Waals surface area contributed by atoms with Crippen LogP contribution in [0.3, 0.4) is 0 Å². The molecule has 0 amide bonds. The minimum Gasteiger partial charge on any atom is -0.457 e. The summed E-state index contributed by atoms with van der Waals surface area (Å²) in [6.07, 6.45) is 0.164. The predicted octanol–water partition coefficient (Wildman–Crippen LogP) is 5.81.